The Kier molecular flexibility index (Phi) is 7.36. The smallest absolute Gasteiger partial charge is 0.263 e. The number of benzene rings is 2. The maximum atomic E-state index is 13.3. The van der Waals surface area contributed by atoms with Crippen LogP contribution in [-0.2, 0) is 0 Å². The van der Waals surface area contributed by atoms with Gasteiger partial charge in [0.15, 0.2) is 0 Å². The van der Waals surface area contributed by atoms with Gasteiger partial charge >= 0.3 is 0 Å². The Morgan fingerprint density at radius 3 is 1.91 bits per heavy atom. The van der Waals surface area contributed by atoms with E-state index in [1.807, 2.05) is 36.4 Å². The molecule has 0 bridgehead atoms. The standard InChI is InChI=1S/C27H35N3O3/c1-5-28(6-2)13-15-32-21-10-12-25-20(17-21)18-26-23-11-9-22(19-24(23)27(31)30(25)26)33-16-14-29(7-3)8-4/h9-12,17-19H,5-8,13-16H2,1-4H3. The Labute approximate surface area is 196 Å². The molecule has 0 N–H and O–H groups in total. The van der Waals surface area contributed by atoms with E-state index < -0.39 is 0 Å². The van der Waals surface area contributed by atoms with E-state index >= 15 is 0 Å². The van der Waals surface area contributed by atoms with E-state index in [9.17, 15) is 4.79 Å². The van der Waals surface area contributed by atoms with E-state index in [0.717, 1.165) is 72.9 Å². The van der Waals surface area contributed by atoms with Crippen molar-refractivity contribution in [1.82, 2.24) is 14.4 Å². The van der Waals surface area contributed by atoms with E-state index in [1.54, 1.807) is 4.57 Å². The molecule has 6 nitrogen and oxygen atoms in total. The van der Waals surface area contributed by atoms with Crippen LogP contribution in [0.1, 0.15) is 38.1 Å². The molecule has 33 heavy (non-hydrogen) atoms. The molecule has 1 aliphatic heterocycles. The molecule has 0 saturated heterocycles. The number of ether oxygens (including phenoxy) is 2. The molecule has 0 unspecified atom stereocenters. The van der Waals surface area contributed by atoms with E-state index in [4.69, 9.17) is 9.47 Å². The number of fused-ring (bicyclic) bond motifs is 5. The van der Waals surface area contributed by atoms with Crippen LogP contribution in [0.3, 0.4) is 0 Å². The second kappa shape index (κ2) is 10.4. The molecule has 6 heteroatoms. The largest absolute Gasteiger partial charge is 0.492 e. The summed E-state index contributed by atoms with van der Waals surface area (Å²) < 4.78 is 13.7. The molecule has 176 valence electrons. The van der Waals surface area contributed by atoms with Crippen LogP contribution in [0, 0.1) is 0 Å². The monoisotopic (exact) mass is 449 g/mol. The molecule has 3 aromatic rings. The van der Waals surface area contributed by atoms with Gasteiger partial charge in [0, 0.05) is 24.0 Å². The summed E-state index contributed by atoms with van der Waals surface area (Å²) in [6.45, 7) is 15.7. The van der Waals surface area contributed by atoms with Gasteiger partial charge in [-0.1, -0.05) is 27.7 Å². The summed E-state index contributed by atoms with van der Waals surface area (Å²) in [5.74, 6) is 1.58. The Morgan fingerprint density at radius 2 is 1.30 bits per heavy atom. The topological polar surface area (TPSA) is 46.9 Å². The molecule has 4 rings (SSSR count). The zero-order valence-electron chi connectivity index (χ0n) is 20.3. The lowest BCUT2D eigenvalue weighted by Gasteiger charge is -2.18. The highest BCUT2D eigenvalue weighted by molar-refractivity contribution is 6.14. The highest BCUT2D eigenvalue weighted by Crippen LogP contribution is 2.39. The van der Waals surface area contributed by atoms with Gasteiger partial charge < -0.3 is 19.3 Å². The molecule has 2 heterocycles. The number of rotatable bonds is 12. The molecule has 0 radical (unpaired) electrons. The summed E-state index contributed by atoms with van der Waals surface area (Å²) in [6, 6.07) is 13.9. The van der Waals surface area contributed by atoms with Gasteiger partial charge in [-0.25, -0.2) is 0 Å². The number of likely N-dealkylation sites (N-methyl/N-ethyl adjacent to an activating group) is 2. The molecule has 0 fully saturated rings. The van der Waals surface area contributed by atoms with E-state index in [-0.39, 0.29) is 5.91 Å². The predicted octanol–water partition coefficient (Wildman–Crippen LogP) is 4.75. The van der Waals surface area contributed by atoms with E-state index in [2.05, 4.69) is 43.6 Å². The van der Waals surface area contributed by atoms with Crippen LogP contribution in [-0.4, -0.2) is 72.8 Å². The number of carbonyl (C=O) groups is 1. The third-order valence-corrected chi connectivity index (χ3v) is 6.61. The molecule has 0 aliphatic carbocycles. The fourth-order valence-corrected chi connectivity index (χ4v) is 4.50. The van der Waals surface area contributed by atoms with Gasteiger partial charge in [-0.05, 0) is 68.6 Å². The van der Waals surface area contributed by atoms with Gasteiger partial charge in [-0.3, -0.25) is 9.36 Å². The highest BCUT2D eigenvalue weighted by atomic mass is 16.5. The van der Waals surface area contributed by atoms with Gasteiger partial charge in [-0.2, -0.15) is 0 Å². The lowest BCUT2D eigenvalue weighted by atomic mass is 10.1. The van der Waals surface area contributed by atoms with Crippen molar-refractivity contribution in [3.63, 3.8) is 0 Å². The quantitative estimate of drug-likeness (QED) is 0.312. The van der Waals surface area contributed by atoms with Crippen LogP contribution in [0.5, 0.6) is 11.5 Å². The number of hydrogen-bond acceptors (Lipinski definition) is 5. The van der Waals surface area contributed by atoms with Gasteiger partial charge in [0.05, 0.1) is 16.8 Å². The minimum atomic E-state index is -0.000560. The Morgan fingerprint density at radius 1 is 0.727 bits per heavy atom. The first-order valence-corrected chi connectivity index (χ1v) is 12.1. The normalized spacial score (nSPS) is 12.6. The van der Waals surface area contributed by atoms with Crippen molar-refractivity contribution >= 4 is 16.8 Å². The van der Waals surface area contributed by atoms with Crippen LogP contribution >= 0.6 is 0 Å². The average Bonchev–Trinajstić information content (AvgIpc) is 3.34. The fraction of sp³-hybridized carbons (Fsp3) is 0.444. The van der Waals surface area contributed by atoms with Crippen molar-refractivity contribution in [2.45, 2.75) is 27.7 Å². The summed E-state index contributed by atoms with van der Waals surface area (Å²) >= 11 is 0. The summed E-state index contributed by atoms with van der Waals surface area (Å²) in [4.78, 5) is 17.9. The van der Waals surface area contributed by atoms with Gasteiger partial charge in [0.2, 0.25) is 0 Å². The lowest BCUT2D eigenvalue weighted by Crippen LogP contribution is -2.27. The summed E-state index contributed by atoms with van der Waals surface area (Å²) in [7, 11) is 0. The van der Waals surface area contributed by atoms with Gasteiger partial charge in [0.25, 0.3) is 5.91 Å². The molecular formula is C27H35N3O3. The second-order valence-electron chi connectivity index (χ2n) is 8.35. The van der Waals surface area contributed by atoms with Gasteiger partial charge in [-0.15, -0.1) is 0 Å². The van der Waals surface area contributed by atoms with Crippen LogP contribution in [0.4, 0.5) is 0 Å². The van der Waals surface area contributed by atoms with Crippen LogP contribution < -0.4 is 9.47 Å². The third kappa shape index (κ3) is 4.77. The zero-order valence-corrected chi connectivity index (χ0v) is 20.3. The Hall–Kier alpha value is -2.83. The van der Waals surface area contributed by atoms with Crippen LogP contribution in [0.25, 0.3) is 22.2 Å². The first-order chi connectivity index (χ1) is 16.1. The zero-order chi connectivity index (χ0) is 23.4. The third-order valence-electron chi connectivity index (χ3n) is 6.61. The Balaban J connectivity index is 1.49. The average molecular weight is 450 g/mol. The first kappa shape index (κ1) is 23.3. The van der Waals surface area contributed by atoms with Crippen LogP contribution in [0.2, 0.25) is 0 Å². The molecule has 1 aliphatic rings. The van der Waals surface area contributed by atoms with Crippen molar-refractivity contribution in [1.29, 1.82) is 0 Å². The summed E-state index contributed by atoms with van der Waals surface area (Å²) in [5, 5.41) is 1.02. The molecular weight excluding hydrogens is 414 g/mol. The van der Waals surface area contributed by atoms with Crippen molar-refractivity contribution in [3.05, 3.63) is 48.0 Å². The molecule has 2 aromatic carbocycles. The fourth-order valence-electron chi connectivity index (χ4n) is 4.50. The SMILES string of the molecule is CCN(CC)CCOc1ccc2c(c1)C(=O)n1c-2cc2cc(OCCN(CC)CC)ccc21. The molecule has 0 amide bonds. The second-order valence-corrected chi connectivity index (χ2v) is 8.35. The highest BCUT2D eigenvalue weighted by Gasteiger charge is 2.29. The van der Waals surface area contributed by atoms with E-state index in [1.165, 1.54) is 0 Å². The Bertz CT molecular complexity index is 1110. The summed E-state index contributed by atoms with van der Waals surface area (Å²) in [6.07, 6.45) is 0. The number of aromatic nitrogens is 1. The van der Waals surface area contributed by atoms with Crippen LogP contribution in [0.15, 0.2) is 42.5 Å². The lowest BCUT2D eigenvalue weighted by molar-refractivity contribution is 0.0973. The number of hydrogen-bond donors (Lipinski definition) is 0. The van der Waals surface area contributed by atoms with Crippen molar-refractivity contribution in [2.75, 3.05) is 52.5 Å². The van der Waals surface area contributed by atoms with Crippen molar-refractivity contribution in [3.8, 4) is 22.8 Å². The van der Waals surface area contributed by atoms with E-state index in [0.29, 0.717) is 18.8 Å². The number of nitrogens with zero attached hydrogens (tertiary/aromatic N) is 3. The first-order valence-electron chi connectivity index (χ1n) is 12.1. The maximum absolute atomic E-state index is 13.3. The molecule has 0 atom stereocenters. The molecule has 1 aromatic heterocycles. The molecule has 0 spiro atoms. The molecule has 0 saturated carbocycles. The summed E-state index contributed by atoms with van der Waals surface area (Å²) in [5.41, 5.74) is 3.49. The maximum Gasteiger partial charge on any atom is 0.263 e. The van der Waals surface area contributed by atoms with Gasteiger partial charge in [0.1, 0.15) is 24.7 Å². The van der Waals surface area contributed by atoms with Crippen molar-refractivity contribution < 1.29 is 14.3 Å². The minimum Gasteiger partial charge on any atom is -0.492 e. The minimum absolute atomic E-state index is 0.000560. The number of carbonyl (C=O) groups excluding carboxylic acids is 1. The predicted molar refractivity (Wildman–Crippen MR) is 134 cm³/mol. The van der Waals surface area contributed by atoms with Crippen molar-refractivity contribution in [2.24, 2.45) is 0 Å².